The summed E-state index contributed by atoms with van der Waals surface area (Å²) in [5, 5.41) is 6.18. The van der Waals surface area contributed by atoms with Crippen LogP contribution in [0.3, 0.4) is 0 Å². The van der Waals surface area contributed by atoms with Crippen LogP contribution in [0.5, 0.6) is 0 Å². The summed E-state index contributed by atoms with van der Waals surface area (Å²) in [6, 6.07) is 11.4. The van der Waals surface area contributed by atoms with E-state index in [0.717, 1.165) is 10.5 Å². The zero-order valence-electron chi connectivity index (χ0n) is 16.0. The molecule has 2 amide bonds. The normalized spacial score (nSPS) is 20.8. The molecule has 4 rings (SSSR count). The molecule has 0 saturated carbocycles. The van der Waals surface area contributed by atoms with Gasteiger partial charge in [-0.2, -0.15) is 5.10 Å². The number of fused-ring (bicyclic) bond motifs is 1. The quantitative estimate of drug-likeness (QED) is 0.573. The van der Waals surface area contributed by atoms with Crippen molar-refractivity contribution in [1.82, 2.24) is 0 Å². The molecule has 0 N–H and O–H groups in total. The van der Waals surface area contributed by atoms with Crippen molar-refractivity contribution in [2.45, 2.75) is 19.9 Å². The Morgan fingerprint density at radius 3 is 2.52 bits per heavy atom. The number of ether oxygens (including phenoxy) is 1. The molecule has 2 aliphatic heterocycles. The molecule has 2 heterocycles. The Morgan fingerprint density at radius 2 is 1.83 bits per heavy atom. The van der Waals surface area contributed by atoms with Crippen LogP contribution in [-0.2, 0) is 19.1 Å². The van der Waals surface area contributed by atoms with E-state index in [1.165, 1.54) is 12.1 Å². The summed E-state index contributed by atoms with van der Waals surface area (Å²) >= 11 is 6.19. The molecule has 148 valence electrons. The predicted octanol–water partition coefficient (Wildman–Crippen LogP) is 2.86. The van der Waals surface area contributed by atoms with Gasteiger partial charge in [0.15, 0.2) is 5.71 Å². The van der Waals surface area contributed by atoms with E-state index < -0.39 is 29.7 Å². The van der Waals surface area contributed by atoms with E-state index >= 15 is 0 Å². The van der Waals surface area contributed by atoms with Crippen molar-refractivity contribution in [2.24, 2.45) is 11.0 Å². The lowest BCUT2D eigenvalue weighted by atomic mass is 9.97. The number of hydrogen-bond donors (Lipinski definition) is 0. The number of nitrogens with zero attached hydrogens (tertiary/aromatic N) is 3. The lowest BCUT2D eigenvalue weighted by Crippen LogP contribution is -2.39. The molecule has 0 aromatic heterocycles. The number of rotatable bonds is 3. The van der Waals surface area contributed by atoms with Gasteiger partial charge in [0.1, 0.15) is 12.0 Å². The number of hydrazone groups is 1. The van der Waals surface area contributed by atoms with Crippen molar-refractivity contribution in [3.63, 3.8) is 0 Å². The fraction of sp³-hybridized carbons (Fsp3) is 0.238. The van der Waals surface area contributed by atoms with E-state index in [9.17, 15) is 14.4 Å². The van der Waals surface area contributed by atoms with Gasteiger partial charge in [0.25, 0.3) is 5.91 Å². The average Bonchev–Trinajstić information content (AvgIpc) is 3.21. The monoisotopic (exact) mass is 411 g/mol. The van der Waals surface area contributed by atoms with Gasteiger partial charge in [-0.3, -0.25) is 14.6 Å². The SMILES string of the molecule is COC(=O)C1=NN(c2cccc(C)c2)[C@@H]2C(=O)N(c3cccc(Cl)c3C)C(=O)[C@H]12. The van der Waals surface area contributed by atoms with Crippen LogP contribution in [0, 0.1) is 19.8 Å². The molecule has 7 nitrogen and oxygen atoms in total. The van der Waals surface area contributed by atoms with Crippen LogP contribution in [-0.4, -0.2) is 36.6 Å². The molecule has 8 heteroatoms. The summed E-state index contributed by atoms with van der Waals surface area (Å²) in [5.74, 6) is -2.77. The van der Waals surface area contributed by atoms with Gasteiger partial charge in [0.2, 0.25) is 5.91 Å². The first kappa shape index (κ1) is 19.1. The molecule has 1 saturated heterocycles. The number of esters is 1. The maximum Gasteiger partial charge on any atom is 0.355 e. The minimum atomic E-state index is -1.05. The molecule has 2 atom stereocenters. The zero-order chi connectivity index (χ0) is 20.9. The first-order valence-electron chi connectivity index (χ1n) is 9.00. The first-order valence-corrected chi connectivity index (χ1v) is 9.38. The largest absolute Gasteiger partial charge is 0.464 e. The second-order valence-corrected chi connectivity index (χ2v) is 7.39. The molecule has 0 unspecified atom stereocenters. The van der Waals surface area contributed by atoms with Crippen LogP contribution in [0.15, 0.2) is 47.6 Å². The van der Waals surface area contributed by atoms with Gasteiger partial charge in [-0.25, -0.2) is 9.69 Å². The van der Waals surface area contributed by atoms with Gasteiger partial charge in [-0.05, 0) is 49.2 Å². The third kappa shape index (κ3) is 2.89. The Hall–Kier alpha value is -3.19. The summed E-state index contributed by atoms with van der Waals surface area (Å²) < 4.78 is 4.82. The summed E-state index contributed by atoms with van der Waals surface area (Å²) in [7, 11) is 1.22. The number of imide groups is 1. The number of methoxy groups -OCH3 is 1. The van der Waals surface area contributed by atoms with Gasteiger partial charge in [0, 0.05) is 5.02 Å². The molecule has 1 fully saturated rings. The topological polar surface area (TPSA) is 79.3 Å². The van der Waals surface area contributed by atoms with E-state index in [0.29, 0.717) is 22.0 Å². The van der Waals surface area contributed by atoms with Crippen LogP contribution in [0.25, 0.3) is 0 Å². The van der Waals surface area contributed by atoms with Crippen LogP contribution in [0.1, 0.15) is 11.1 Å². The highest BCUT2D eigenvalue weighted by Gasteiger charge is 2.59. The molecule has 0 aliphatic carbocycles. The number of anilines is 2. The summed E-state index contributed by atoms with van der Waals surface area (Å²) in [6.07, 6.45) is 0. The van der Waals surface area contributed by atoms with Crippen molar-refractivity contribution < 1.29 is 19.1 Å². The third-order valence-corrected chi connectivity index (χ3v) is 5.60. The minimum absolute atomic E-state index is 0.0838. The summed E-state index contributed by atoms with van der Waals surface area (Å²) in [4.78, 5) is 40.1. The van der Waals surface area contributed by atoms with Crippen LogP contribution in [0.2, 0.25) is 5.02 Å². The number of benzene rings is 2. The van der Waals surface area contributed by atoms with Crippen molar-refractivity contribution in [3.05, 3.63) is 58.6 Å². The second-order valence-electron chi connectivity index (χ2n) is 6.98. The third-order valence-electron chi connectivity index (χ3n) is 5.19. The van der Waals surface area contributed by atoms with Crippen LogP contribution < -0.4 is 9.91 Å². The van der Waals surface area contributed by atoms with Gasteiger partial charge < -0.3 is 4.74 Å². The standard InChI is InChI=1S/C21H18ClN3O4/c1-11-6-4-7-13(10-11)25-18-16(17(23-25)21(28)29-3)19(26)24(20(18)27)15-9-5-8-14(22)12(15)2/h4-10,16,18H,1-3H3/t16-,18+/m1/s1. The first-order chi connectivity index (χ1) is 13.8. The smallest absolute Gasteiger partial charge is 0.355 e. The summed E-state index contributed by atoms with van der Waals surface area (Å²) in [5.41, 5.74) is 2.49. The van der Waals surface area contributed by atoms with E-state index in [1.807, 2.05) is 25.1 Å². The van der Waals surface area contributed by atoms with E-state index in [4.69, 9.17) is 16.3 Å². The van der Waals surface area contributed by atoms with Crippen LogP contribution in [0.4, 0.5) is 11.4 Å². The van der Waals surface area contributed by atoms with Gasteiger partial charge in [-0.1, -0.05) is 29.8 Å². The predicted molar refractivity (Wildman–Crippen MR) is 109 cm³/mol. The van der Waals surface area contributed by atoms with Crippen molar-refractivity contribution in [1.29, 1.82) is 0 Å². The average molecular weight is 412 g/mol. The molecule has 2 aromatic carbocycles. The molecule has 2 aliphatic rings. The molecule has 0 radical (unpaired) electrons. The highest BCUT2D eigenvalue weighted by molar-refractivity contribution is 6.47. The van der Waals surface area contributed by atoms with Gasteiger partial charge >= 0.3 is 5.97 Å². The molecule has 0 spiro atoms. The maximum atomic E-state index is 13.4. The Morgan fingerprint density at radius 1 is 1.10 bits per heavy atom. The van der Waals surface area contributed by atoms with Crippen LogP contribution >= 0.6 is 11.6 Å². The van der Waals surface area contributed by atoms with Gasteiger partial charge in [-0.15, -0.1) is 0 Å². The number of amides is 2. The molecular weight excluding hydrogens is 394 g/mol. The number of hydrogen-bond acceptors (Lipinski definition) is 6. The number of halogens is 1. The van der Waals surface area contributed by atoms with E-state index in [-0.39, 0.29) is 5.71 Å². The van der Waals surface area contributed by atoms with E-state index in [2.05, 4.69) is 5.10 Å². The van der Waals surface area contributed by atoms with Crippen molar-refractivity contribution in [2.75, 3.05) is 17.0 Å². The zero-order valence-corrected chi connectivity index (χ0v) is 16.8. The fourth-order valence-electron chi connectivity index (χ4n) is 3.75. The Bertz CT molecular complexity index is 1080. The Balaban J connectivity index is 1.84. The lowest BCUT2D eigenvalue weighted by molar-refractivity contribution is -0.133. The Labute approximate surface area is 172 Å². The highest BCUT2D eigenvalue weighted by Crippen LogP contribution is 2.39. The highest BCUT2D eigenvalue weighted by atomic mass is 35.5. The number of carbonyl (C=O) groups excluding carboxylic acids is 3. The molecular formula is C21H18ClN3O4. The van der Waals surface area contributed by atoms with Crippen molar-refractivity contribution in [3.8, 4) is 0 Å². The lowest BCUT2D eigenvalue weighted by Gasteiger charge is -2.23. The summed E-state index contributed by atoms with van der Waals surface area (Å²) in [6.45, 7) is 3.64. The minimum Gasteiger partial charge on any atom is -0.464 e. The molecule has 2 aromatic rings. The molecule has 29 heavy (non-hydrogen) atoms. The second kappa shape index (κ2) is 7.00. The molecule has 0 bridgehead atoms. The number of aryl methyl sites for hydroxylation is 1. The van der Waals surface area contributed by atoms with Crippen molar-refractivity contribution >= 4 is 46.5 Å². The van der Waals surface area contributed by atoms with E-state index in [1.54, 1.807) is 31.2 Å². The fourth-order valence-corrected chi connectivity index (χ4v) is 3.92. The van der Waals surface area contributed by atoms with Gasteiger partial charge in [0.05, 0.1) is 18.5 Å². The number of carbonyl (C=O) groups is 3. The maximum absolute atomic E-state index is 13.4. The Kier molecular flexibility index (Phi) is 4.62.